The van der Waals surface area contributed by atoms with Crippen LogP contribution in [-0.4, -0.2) is 21.3 Å². The van der Waals surface area contributed by atoms with E-state index in [1.54, 1.807) is 6.92 Å². The molecule has 1 rings (SSSR count). The van der Waals surface area contributed by atoms with E-state index in [1.165, 1.54) is 0 Å². The van der Waals surface area contributed by atoms with Gasteiger partial charge in [-0.3, -0.25) is 4.79 Å². The average Bonchev–Trinajstić information content (AvgIpc) is 2.00. The molecule has 0 radical (unpaired) electrons. The summed E-state index contributed by atoms with van der Waals surface area (Å²) in [4.78, 5) is 11.4. The molecule has 0 spiro atoms. The molecule has 2 nitrogen and oxygen atoms in total. The van der Waals surface area contributed by atoms with Gasteiger partial charge in [-0.05, 0) is 25.7 Å². The smallest absolute Gasteiger partial charge is 0.152 e. The standard InChI is InChI=1S/C10H17BrO2/c1-6(2)7-4-5-10(3,13)9(11)8(7)12/h6-7,9,13H,4-5H2,1-3H3/t7-,9?,10?/m0/s1. The molecule has 0 aromatic carbocycles. The highest BCUT2D eigenvalue weighted by Crippen LogP contribution is 2.36. The molecule has 0 heterocycles. The molecule has 1 N–H and O–H groups in total. The van der Waals surface area contributed by atoms with Crippen molar-refractivity contribution >= 4 is 21.7 Å². The molecule has 1 saturated carbocycles. The number of alkyl halides is 1. The number of rotatable bonds is 1. The highest BCUT2D eigenvalue weighted by molar-refractivity contribution is 9.10. The maximum Gasteiger partial charge on any atom is 0.152 e. The molecule has 0 saturated heterocycles. The summed E-state index contributed by atoms with van der Waals surface area (Å²) in [7, 11) is 0. The summed E-state index contributed by atoms with van der Waals surface area (Å²) in [5.41, 5.74) is -0.859. The van der Waals surface area contributed by atoms with Gasteiger partial charge in [0.1, 0.15) is 4.83 Å². The third-order valence-electron chi connectivity index (χ3n) is 2.93. The van der Waals surface area contributed by atoms with Crippen LogP contribution in [0.5, 0.6) is 0 Å². The third kappa shape index (κ3) is 2.13. The first-order valence-corrected chi connectivity index (χ1v) is 5.68. The fourth-order valence-corrected chi connectivity index (χ4v) is 2.44. The van der Waals surface area contributed by atoms with Crippen molar-refractivity contribution in [3.8, 4) is 0 Å². The summed E-state index contributed by atoms with van der Waals surface area (Å²) in [6.07, 6.45) is 1.52. The van der Waals surface area contributed by atoms with Crippen LogP contribution < -0.4 is 0 Å². The predicted molar refractivity (Wildman–Crippen MR) is 55.9 cm³/mol. The highest BCUT2D eigenvalue weighted by Gasteiger charge is 2.44. The van der Waals surface area contributed by atoms with Crippen LogP contribution in [0.25, 0.3) is 0 Å². The number of carbonyl (C=O) groups excluding carboxylic acids is 1. The third-order valence-corrected chi connectivity index (χ3v) is 4.37. The van der Waals surface area contributed by atoms with Crippen molar-refractivity contribution in [2.75, 3.05) is 0 Å². The monoisotopic (exact) mass is 248 g/mol. The summed E-state index contributed by atoms with van der Waals surface area (Å²) in [6.45, 7) is 5.84. The van der Waals surface area contributed by atoms with Gasteiger partial charge in [0.2, 0.25) is 0 Å². The van der Waals surface area contributed by atoms with Crippen molar-refractivity contribution in [2.45, 2.75) is 44.0 Å². The van der Waals surface area contributed by atoms with Gasteiger partial charge in [0.15, 0.2) is 5.78 Å². The van der Waals surface area contributed by atoms with E-state index >= 15 is 0 Å². The Morgan fingerprint density at radius 1 is 1.62 bits per heavy atom. The van der Waals surface area contributed by atoms with Crippen molar-refractivity contribution in [3.63, 3.8) is 0 Å². The fourth-order valence-electron chi connectivity index (χ4n) is 1.87. The summed E-state index contributed by atoms with van der Waals surface area (Å²) in [5.74, 6) is 0.652. The van der Waals surface area contributed by atoms with Gasteiger partial charge in [-0.25, -0.2) is 0 Å². The molecule has 76 valence electrons. The van der Waals surface area contributed by atoms with Gasteiger partial charge in [0.05, 0.1) is 5.60 Å². The van der Waals surface area contributed by atoms with E-state index in [2.05, 4.69) is 29.8 Å². The van der Waals surface area contributed by atoms with E-state index in [1.807, 2.05) is 0 Å². The minimum atomic E-state index is -0.859. The van der Waals surface area contributed by atoms with Crippen LogP contribution in [-0.2, 0) is 4.79 Å². The first kappa shape index (κ1) is 11.2. The Bertz CT molecular complexity index is 207. The molecule has 0 aromatic rings. The SMILES string of the molecule is CC(C)[C@@H]1CCC(C)(O)C(Br)C1=O. The second-order valence-corrected chi connectivity index (χ2v) is 5.43. The quantitative estimate of drug-likeness (QED) is 0.723. The van der Waals surface area contributed by atoms with Crippen molar-refractivity contribution in [1.29, 1.82) is 0 Å². The molecule has 0 bridgehead atoms. The van der Waals surface area contributed by atoms with Crippen LogP contribution >= 0.6 is 15.9 Å². The van der Waals surface area contributed by atoms with Crippen LogP contribution in [0.4, 0.5) is 0 Å². The van der Waals surface area contributed by atoms with Crippen LogP contribution in [0.3, 0.4) is 0 Å². The van der Waals surface area contributed by atoms with E-state index in [0.717, 1.165) is 6.42 Å². The predicted octanol–water partition coefficient (Wildman–Crippen LogP) is 2.14. The van der Waals surface area contributed by atoms with Crippen LogP contribution in [0, 0.1) is 11.8 Å². The second kappa shape index (κ2) is 3.70. The molecule has 3 heteroatoms. The number of hydrogen-bond donors (Lipinski definition) is 1. The Labute approximate surface area is 87.8 Å². The molecule has 1 aliphatic carbocycles. The summed E-state index contributed by atoms with van der Waals surface area (Å²) in [6, 6.07) is 0. The van der Waals surface area contributed by atoms with Crippen molar-refractivity contribution in [1.82, 2.24) is 0 Å². The maximum absolute atomic E-state index is 11.8. The van der Waals surface area contributed by atoms with E-state index in [-0.39, 0.29) is 16.5 Å². The Morgan fingerprint density at radius 2 is 2.15 bits per heavy atom. The number of hydrogen-bond acceptors (Lipinski definition) is 2. The largest absolute Gasteiger partial charge is 0.389 e. The highest BCUT2D eigenvalue weighted by atomic mass is 79.9. The number of Topliss-reactive ketones (excluding diaryl/α,β-unsaturated/α-hetero) is 1. The molecule has 1 aliphatic rings. The molecule has 0 amide bonds. The van der Waals surface area contributed by atoms with Gasteiger partial charge < -0.3 is 5.11 Å². The minimum Gasteiger partial charge on any atom is -0.389 e. The number of aliphatic hydroxyl groups is 1. The lowest BCUT2D eigenvalue weighted by molar-refractivity contribution is -0.132. The van der Waals surface area contributed by atoms with E-state index in [4.69, 9.17) is 0 Å². The summed E-state index contributed by atoms with van der Waals surface area (Å²) < 4.78 is 0. The zero-order valence-electron chi connectivity index (χ0n) is 8.38. The van der Waals surface area contributed by atoms with Crippen LogP contribution in [0.2, 0.25) is 0 Å². The lowest BCUT2D eigenvalue weighted by Gasteiger charge is -2.37. The zero-order valence-corrected chi connectivity index (χ0v) is 9.97. The van der Waals surface area contributed by atoms with E-state index in [9.17, 15) is 9.90 Å². The molecule has 13 heavy (non-hydrogen) atoms. The number of carbonyl (C=O) groups is 1. The normalized spacial score (nSPS) is 41.2. The summed E-state index contributed by atoms with van der Waals surface area (Å²) in [5, 5.41) is 9.85. The fraction of sp³-hybridized carbons (Fsp3) is 0.900. The van der Waals surface area contributed by atoms with Crippen LogP contribution in [0.1, 0.15) is 33.6 Å². The van der Waals surface area contributed by atoms with Crippen molar-refractivity contribution in [3.05, 3.63) is 0 Å². The van der Waals surface area contributed by atoms with Gasteiger partial charge in [0, 0.05) is 5.92 Å². The lowest BCUT2D eigenvalue weighted by Crippen LogP contribution is -2.48. The Kier molecular flexibility index (Phi) is 3.18. The van der Waals surface area contributed by atoms with E-state index in [0.29, 0.717) is 12.3 Å². The topological polar surface area (TPSA) is 37.3 Å². The Morgan fingerprint density at radius 3 is 2.62 bits per heavy atom. The molecular formula is C10H17BrO2. The molecule has 3 atom stereocenters. The van der Waals surface area contributed by atoms with Gasteiger partial charge in [-0.2, -0.15) is 0 Å². The first-order valence-electron chi connectivity index (χ1n) is 4.76. The maximum atomic E-state index is 11.8. The van der Waals surface area contributed by atoms with Gasteiger partial charge >= 0.3 is 0 Å². The lowest BCUT2D eigenvalue weighted by atomic mass is 9.74. The molecule has 2 unspecified atom stereocenters. The number of ketones is 1. The first-order chi connectivity index (χ1) is 5.86. The molecule has 0 aromatic heterocycles. The molecule has 0 aliphatic heterocycles. The second-order valence-electron chi connectivity index (χ2n) is 4.51. The van der Waals surface area contributed by atoms with Crippen molar-refractivity contribution in [2.24, 2.45) is 11.8 Å². The zero-order chi connectivity index (χ0) is 10.2. The van der Waals surface area contributed by atoms with Crippen molar-refractivity contribution < 1.29 is 9.90 Å². The number of halogens is 1. The van der Waals surface area contributed by atoms with Crippen LogP contribution in [0.15, 0.2) is 0 Å². The Hall–Kier alpha value is 0.110. The average molecular weight is 249 g/mol. The minimum absolute atomic E-state index is 0.115. The van der Waals surface area contributed by atoms with Gasteiger partial charge in [0.25, 0.3) is 0 Å². The van der Waals surface area contributed by atoms with Gasteiger partial charge in [-0.1, -0.05) is 29.8 Å². The Balaban J connectivity index is 2.77. The van der Waals surface area contributed by atoms with Gasteiger partial charge in [-0.15, -0.1) is 0 Å². The summed E-state index contributed by atoms with van der Waals surface area (Å²) >= 11 is 3.28. The van der Waals surface area contributed by atoms with E-state index < -0.39 is 5.60 Å². The molecular weight excluding hydrogens is 232 g/mol. The molecule has 1 fully saturated rings.